The molecule has 4 rings (SSSR count). The fourth-order valence-corrected chi connectivity index (χ4v) is 3.33. The number of nitrogens with zero attached hydrogens (tertiary/aromatic N) is 2. The van der Waals surface area contributed by atoms with Crippen molar-refractivity contribution in [2.45, 2.75) is 25.3 Å². The zero-order valence-electron chi connectivity index (χ0n) is 12.3. The second-order valence-electron chi connectivity index (χ2n) is 5.93. The summed E-state index contributed by atoms with van der Waals surface area (Å²) in [6.45, 7) is 0. The predicted octanol–water partition coefficient (Wildman–Crippen LogP) is 4.49. The third-order valence-corrected chi connectivity index (χ3v) is 4.65. The monoisotopic (exact) mass is 287 g/mol. The molecule has 2 N–H and O–H groups in total. The molecule has 1 aliphatic carbocycles. The number of rotatable bonds is 2. The van der Waals surface area contributed by atoms with E-state index in [1.54, 1.807) is 0 Å². The van der Waals surface area contributed by atoms with E-state index in [1.165, 1.54) is 19.3 Å². The number of para-hydroxylation sites is 1. The van der Waals surface area contributed by atoms with Gasteiger partial charge in [-0.1, -0.05) is 30.3 Å². The maximum absolute atomic E-state index is 9.73. The number of nitrogens with two attached hydrogens (primary N) is 1. The van der Waals surface area contributed by atoms with E-state index in [0.29, 0.717) is 6.04 Å². The molecule has 0 saturated heterocycles. The molecule has 1 aliphatic rings. The average molecular weight is 287 g/mol. The highest BCUT2D eigenvalue weighted by molar-refractivity contribution is 5.94. The van der Waals surface area contributed by atoms with Crippen molar-refractivity contribution in [1.82, 2.24) is 4.57 Å². The summed E-state index contributed by atoms with van der Waals surface area (Å²) in [5.74, 6) is 0. The number of aromatic nitrogens is 1. The topological polar surface area (TPSA) is 54.7 Å². The fraction of sp³-hybridized carbons (Fsp3) is 0.211. The van der Waals surface area contributed by atoms with Gasteiger partial charge in [0.25, 0.3) is 0 Å². The van der Waals surface area contributed by atoms with E-state index in [4.69, 9.17) is 5.73 Å². The summed E-state index contributed by atoms with van der Waals surface area (Å²) in [6, 6.07) is 19.0. The van der Waals surface area contributed by atoms with Crippen LogP contribution in [0.25, 0.3) is 22.2 Å². The minimum atomic E-state index is 0.500. The highest BCUT2D eigenvalue weighted by atomic mass is 15.0. The quantitative estimate of drug-likeness (QED) is 0.706. The molecule has 0 unspecified atom stereocenters. The lowest BCUT2D eigenvalue weighted by Crippen LogP contribution is -2.17. The number of nitrogen functional groups attached to an aromatic ring is 1. The molecular weight excluding hydrogens is 270 g/mol. The van der Waals surface area contributed by atoms with Gasteiger partial charge in [0.05, 0.1) is 16.8 Å². The van der Waals surface area contributed by atoms with Gasteiger partial charge in [-0.25, -0.2) is 0 Å². The van der Waals surface area contributed by atoms with Crippen molar-refractivity contribution < 1.29 is 0 Å². The molecule has 0 spiro atoms. The Balaban J connectivity index is 2.07. The molecule has 1 fully saturated rings. The first-order chi connectivity index (χ1) is 10.8. The Bertz CT molecular complexity index is 877. The lowest BCUT2D eigenvalue weighted by atomic mass is 9.92. The first-order valence-electron chi connectivity index (χ1n) is 7.68. The second kappa shape index (κ2) is 4.92. The van der Waals surface area contributed by atoms with Crippen molar-refractivity contribution in [3.63, 3.8) is 0 Å². The van der Waals surface area contributed by atoms with Gasteiger partial charge in [-0.15, -0.1) is 0 Å². The highest BCUT2D eigenvalue weighted by Gasteiger charge is 2.27. The summed E-state index contributed by atoms with van der Waals surface area (Å²) < 4.78 is 2.36. The van der Waals surface area contributed by atoms with Gasteiger partial charge in [-0.2, -0.15) is 5.26 Å². The van der Waals surface area contributed by atoms with Crippen molar-refractivity contribution in [3.05, 3.63) is 54.1 Å². The Morgan fingerprint density at radius 2 is 1.77 bits per heavy atom. The normalized spacial score (nSPS) is 14.7. The molecule has 0 radical (unpaired) electrons. The third-order valence-electron chi connectivity index (χ3n) is 4.65. The number of nitriles is 1. The first-order valence-corrected chi connectivity index (χ1v) is 7.68. The minimum absolute atomic E-state index is 0.500. The second-order valence-corrected chi connectivity index (χ2v) is 5.93. The zero-order valence-corrected chi connectivity index (χ0v) is 12.3. The lowest BCUT2D eigenvalue weighted by Gasteiger charge is -2.30. The van der Waals surface area contributed by atoms with Crippen molar-refractivity contribution >= 4 is 16.6 Å². The Morgan fingerprint density at radius 1 is 1.05 bits per heavy atom. The molecule has 3 nitrogen and oxygen atoms in total. The van der Waals surface area contributed by atoms with Crippen LogP contribution in [0.3, 0.4) is 0 Å². The first kappa shape index (κ1) is 13.0. The van der Waals surface area contributed by atoms with Crippen LogP contribution in [0, 0.1) is 11.3 Å². The van der Waals surface area contributed by atoms with Crippen LogP contribution >= 0.6 is 0 Å². The number of hydrogen-bond donors (Lipinski definition) is 1. The van der Waals surface area contributed by atoms with Gasteiger partial charge in [-0.3, -0.25) is 0 Å². The van der Waals surface area contributed by atoms with Crippen LogP contribution in [0.5, 0.6) is 0 Å². The lowest BCUT2D eigenvalue weighted by molar-refractivity contribution is 0.324. The van der Waals surface area contributed by atoms with Crippen LogP contribution in [0.1, 0.15) is 30.9 Å². The van der Waals surface area contributed by atoms with E-state index in [2.05, 4.69) is 16.7 Å². The summed E-state index contributed by atoms with van der Waals surface area (Å²) in [5.41, 5.74) is 10.6. The fourth-order valence-electron chi connectivity index (χ4n) is 3.33. The largest absolute Gasteiger partial charge is 0.399 e. The Morgan fingerprint density at radius 3 is 2.41 bits per heavy atom. The molecule has 22 heavy (non-hydrogen) atoms. The molecule has 108 valence electrons. The average Bonchev–Trinajstić information content (AvgIpc) is 2.81. The van der Waals surface area contributed by atoms with Crippen LogP contribution in [-0.2, 0) is 0 Å². The van der Waals surface area contributed by atoms with Crippen LogP contribution in [-0.4, -0.2) is 4.57 Å². The summed E-state index contributed by atoms with van der Waals surface area (Å²) in [7, 11) is 0. The standard InChI is InChI=1S/C19H17N3/c20-12-17-16-6-1-2-7-18(16)22(15-4-3-5-15)19(17)13-8-10-14(21)11-9-13/h1-2,6-11,15H,3-5,21H2. The van der Waals surface area contributed by atoms with Crippen LogP contribution in [0.2, 0.25) is 0 Å². The van der Waals surface area contributed by atoms with E-state index >= 15 is 0 Å². The van der Waals surface area contributed by atoms with E-state index in [1.807, 2.05) is 42.5 Å². The molecular formula is C19H17N3. The Kier molecular flexibility index (Phi) is 2.90. The summed E-state index contributed by atoms with van der Waals surface area (Å²) in [6.07, 6.45) is 3.64. The minimum Gasteiger partial charge on any atom is -0.399 e. The molecule has 2 aromatic carbocycles. The number of benzene rings is 2. The van der Waals surface area contributed by atoms with Gasteiger partial charge in [-0.05, 0) is 43.0 Å². The maximum Gasteiger partial charge on any atom is 0.102 e. The van der Waals surface area contributed by atoms with Crippen molar-refractivity contribution in [1.29, 1.82) is 5.26 Å². The van der Waals surface area contributed by atoms with Crippen molar-refractivity contribution in [2.24, 2.45) is 0 Å². The van der Waals surface area contributed by atoms with Crippen LogP contribution in [0.15, 0.2) is 48.5 Å². The van der Waals surface area contributed by atoms with Crippen molar-refractivity contribution in [3.8, 4) is 17.3 Å². The van der Waals surface area contributed by atoms with Gasteiger partial charge >= 0.3 is 0 Å². The van der Waals surface area contributed by atoms with Crippen LogP contribution in [0.4, 0.5) is 5.69 Å². The van der Waals surface area contributed by atoms with E-state index in [0.717, 1.165) is 33.4 Å². The van der Waals surface area contributed by atoms with E-state index in [9.17, 15) is 5.26 Å². The number of anilines is 1. The molecule has 0 aliphatic heterocycles. The molecule has 3 heteroatoms. The Labute approximate surface area is 129 Å². The summed E-state index contributed by atoms with van der Waals surface area (Å²) in [5, 5.41) is 10.8. The molecule has 0 bridgehead atoms. The summed E-state index contributed by atoms with van der Waals surface area (Å²) >= 11 is 0. The Hall–Kier alpha value is -2.73. The van der Waals surface area contributed by atoms with Gasteiger partial charge in [0.15, 0.2) is 0 Å². The molecule has 0 atom stereocenters. The van der Waals surface area contributed by atoms with Gasteiger partial charge in [0.1, 0.15) is 6.07 Å². The third kappa shape index (κ3) is 1.81. The van der Waals surface area contributed by atoms with Gasteiger partial charge in [0, 0.05) is 17.1 Å². The number of hydrogen-bond acceptors (Lipinski definition) is 2. The maximum atomic E-state index is 9.73. The molecule has 1 saturated carbocycles. The molecule has 1 aromatic heterocycles. The van der Waals surface area contributed by atoms with E-state index < -0.39 is 0 Å². The zero-order chi connectivity index (χ0) is 15.1. The molecule has 3 aromatic rings. The highest BCUT2D eigenvalue weighted by Crippen LogP contribution is 2.42. The van der Waals surface area contributed by atoms with Gasteiger partial charge < -0.3 is 10.3 Å². The molecule has 1 heterocycles. The van der Waals surface area contributed by atoms with Crippen LogP contribution < -0.4 is 5.73 Å². The molecule has 0 amide bonds. The number of fused-ring (bicyclic) bond motifs is 1. The summed E-state index contributed by atoms with van der Waals surface area (Å²) in [4.78, 5) is 0. The predicted molar refractivity (Wildman–Crippen MR) is 89.4 cm³/mol. The van der Waals surface area contributed by atoms with Gasteiger partial charge in [0.2, 0.25) is 0 Å². The smallest absolute Gasteiger partial charge is 0.102 e. The van der Waals surface area contributed by atoms with Crippen molar-refractivity contribution in [2.75, 3.05) is 5.73 Å². The SMILES string of the molecule is N#Cc1c(-c2ccc(N)cc2)n(C2CCC2)c2ccccc12. The van der Waals surface area contributed by atoms with E-state index in [-0.39, 0.29) is 0 Å².